The van der Waals surface area contributed by atoms with Crippen molar-refractivity contribution in [2.24, 2.45) is 0 Å². The molecule has 0 unspecified atom stereocenters. The van der Waals surface area contributed by atoms with Crippen LogP contribution < -0.4 is 9.46 Å². The second kappa shape index (κ2) is 6.40. The Morgan fingerprint density at radius 2 is 2.10 bits per heavy atom. The van der Waals surface area contributed by atoms with E-state index in [2.05, 4.69) is 9.71 Å². The molecule has 0 aromatic carbocycles. The van der Waals surface area contributed by atoms with E-state index < -0.39 is 10.0 Å². The summed E-state index contributed by atoms with van der Waals surface area (Å²) >= 11 is 0. The van der Waals surface area contributed by atoms with Crippen LogP contribution >= 0.6 is 0 Å². The highest BCUT2D eigenvalue weighted by Crippen LogP contribution is 2.19. The predicted molar refractivity (Wildman–Crippen MR) is 77.7 cm³/mol. The minimum Gasteiger partial charge on any atom is -0.480 e. The lowest BCUT2D eigenvalue weighted by atomic mass is 10.1. The van der Waals surface area contributed by atoms with Gasteiger partial charge in [0.25, 0.3) is 5.91 Å². The minimum absolute atomic E-state index is 0.111. The van der Waals surface area contributed by atoms with Gasteiger partial charge in [-0.05, 0) is 25.0 Å². The third-order valence-electron chi connectivity index (χ3n) is 3.36. The minimum atomic E-state index is -3.21. The molecular weight excluding hydrogens is 294 g/mol. The Bertz CT molecular complexity index is 610. The topological polar surface area (TPSA) is 88.6 Å². The number of ether oxygens (including phenoxy) is 1. The zero-order valence-electron chi connectivity index (χ0n) is 12.1. The van der Waals surface area contributed by atoms with Gasteiger partial charge in [-0.25, -0.2) is 18.1 Å². The summed E-state index contributed by atoms with van der Waals surface area (Å²) in [6.45, 7) is 1.01. The van der Waals surface area contributed by atoms with Gasteiger partial charge in [-0.3, -0.25) is 4.79 Å². The highest BCUT2D eigenvalue weighted by molar-refractivity contribution is 7.88. The van der Waals surface area contributed by atoms with Crippen LogP contribution in [0.15, 0.2) is 18.3 Å². The molecule has 0 saturated carbocycles. The molecular formula is C13H19N3O4S. The first kappa shape index (κ1) is 15.7. The van der Waals surface area contributed by atoms with Gasteiger partial charge in [-0.15, -0.1) is 0 Å². The molecule has 0 spiro atoms. The number of nitrogens with zero attached hydrogens (tertiary/aromatic N) is 2. The fourth-order valence-corrected chi connectivity index (χ4v) is 3.23. The quantitative estimate of drug-likeness (QED) is 0.860. The molecule has 0 radical (unpaired) electrons. The largest absolute Gasteiger partial charge is 0.480 e. The second-order valence-corrected chi connectivity index (χ2v) is 6.80. The molecule has 1 amide bonds. The van der Waals surface area contributed by atoms with Crippen LogP contribution in [0.4, 0.5) is 0 Å². The van der Waals surface area contributed by atoms with Crippen molar-refractivity contribution in [3.05, 3.63) is 23.9 Å². The van der Waals surface area contributed by atoms with Crippen molar-refractivity contribution in [3.63, 3.8) is 0 Å². The van der Waals surface area contributed by atoms with E-state index >= 15 is 0 Å². The van der Waals surface area contributed by atoms with E-state index in [9.17, 15) is 13.2 Å². The Kier molecular flexibility index (Phi) is 4.79. The number of methoxy groups -OCH3 is 1. The predicted octanol–water partition coefficient (Wildman–Crippen LogP) is 0.244. The van der Waals surface area contributed by atoms with E-state index in [0.717, 1.165) is 6.26 Å². The number of hydrogen-bond donors (Lipinski definition) is 1. The van der Waals surface area contributed by atoms with Crippen LogP contribution in [0.5, 0.6) is 5.88 Å². The Hall–Kier alpha value is -1.67. The maximum Gasteiger partial charge on any atom is 0.259 e. The van der Waals surface area contributed by atoms with Gasteiger partial charge in [-0.1, -0.05) is 0 Å². The van der Waals surface area contributed by atoms with Crippen molar-refractivity contribution in [1.29, 1.82) is 0 Å². The van der Waals surface area contributed by atoms with Crippen LogP contribution in [-0.2, 0) is 10.0 Å². The smallest absolute Gasteiger partial charge is 0.259 e. The number of hydrogen-bond acceptors (Lipinski definition) is 5. The zero-order valence-corrected chi connectivity index (χ0v) is 12.9. The molecule has 1 aromatic heterocycles. The summed E-state index contributed by atoms with van der Waals surface area (Å²) in [6, 6.07) is 3.25. The Labute approximate surface area is 124 Å². The molecule has 0 atom stereocenters. The molecule has 2 heterocycles. The summed E-state index contributed by atoms with van der Waals surface area (Å²) in [5.74, 6) is 0.164. The molecule has 1 aliphatic rings. The zero-order chi connectivity index (χ0) is 15.5. The number of nitrogens with one attached hydrogen (secondary N) is 1. The van der Waals surface area contributed by atoms with Crippen LogP contribution in [0.3, 0.4) is 0 Å². The molecule has 21 heavy (non-hydrogen) atoms. The summed E-state index contributed by atoms with van der Waals surface area (Å²) in [5.41, 5.74) is 0.425. The molecule has 116 valence electrons. The van der Waals surface area contributed by atoms with Gasteiger partial charge in [0.1, 0.15) is 5.56 Å². The van der Waals surface area contributed by atoms with Gasteiger partial charge in [0.2, 0.25) is 15.9 Å². The van der Waals surface area contributed by atoms with Crippen LogP contribution in [0.1, 0.15) is 23.2 Å². The maximum absolute atomic E-state index is 12.4. The number of piperidine rings is 1. The first-order valence-corrected chi connectivity index (χ1v) is 8.55. The highest BCUT2D eigenvalue weighted by atomic mass is 32.2. The fraction of sp³-hybridized carbons (Fsp3) is 0.538. The number of carbonyl (C=O) groups excluding carboxylic acids is 1. The normalized spacial score (nSPS) is 16.8. The van der Waals surface area contributed by atoms with E-state index in [0.29, 0.717) is 37.4 Å². The van der Waals surface area contributed by atoms with Crippen LogP contribution in [-0.4, -0.2) is 56.7 Å². The van der Waals surface area contributed by atoms with Crippen LogP contribution in [0, 0.1) is 0 Å². The number of amides is 1. The third kappa shape index (κ3) is 4.15. The van der Waals surface area contributed by atoms with Gasteiger partial charge in [-0.2, -0.15) is 0 Å². The lowest BCUT2D eigenvalue weighted by Gasteiger charge is -2.32. The SMILES string of the molecule is COc1ncccc1C(=O)N1CCC(NS(C)(=O)=O)CC1. The van der Waals surface area contributed by atoms with Crippen molar-refractivity contribution in [2.75, 3.05) is 26.5 Å². The van der Waals surface area contributed by atoms with Crippen molar-refractivity contribution < 1.29 is 17.9 Å². The Morgan fingerprint density at radius 3 is 2.67 bits per heavy atom. The number of aromatic nitrogens is 1. The standard InChI is InChI=1S/C13H19N3O4S/c1-20-12-11(4-3-7-14-12)13(17)16-8-5-10(6-9-16)15-21(2,18)19/h3-4,7,10,15H,5-6,8-9H2,1-2H3. The first-order chi connectivity index (χ1) is 9.90. The van der Waals surface area contributed by atoms with Gasteiger partial charge in [0.15, 0.2) is 0 Å². The molecule has 1 fully saturated rings. The van der Waals surface area contributed by atoms with E-state index in [1.54, 1.807) is 23.2 Å². The fourth-order valence-electron chi connectivity index (χ4n) is 2.39. The van der Waals surface area contributed by atoms with E-state index in [1.807, 2.05) is 0 Å². The second-order valence-electron chi connectivity index (χ2n) is 5.02. The summed E-state index contributed by atoms with van der Waals surface area (Å²) in [5, 5.41) is 0. The molecule has 0 aliphatic carbocycles. The molecule has 1 saturated heterocycles. The van der Waals surface area contributed by atoms with E-state index in [-0.39, 0.29) is 11.9 Å². The van der Waals surface area contributed by atoms with Crippen LogP contribution in [0.2, 0.25) is 0 Å². The number of rotatable bonds is 4. The Morgan fingerprint density at radius 1 is 1.43 bits per heavy atom. The lowest BCUT2D eigenvalue weighted by Crippen LogP contribution is -2.46. The van der Waals surface area contributed by atoms with Crippen molar-refractivity contribution in [3.8, 4) is 5.88 Å². The van der Waals surface area contributed by atoms with Crippen LogP contribution in [0.25, 0.3) is 0 Å². The average Bonchev–Trinajstić information content (AvgIpc) is 2.45. The van der Waals surface area contributed by atoms with Crippen molar-refractivity contribution in [1.82, 2.24) is 14.6 Å². The molecule has 0 bridgehead atoms. The summed E-state index contributed by atoms with van der Waals surface area (Å²) in [6.07, 6.45) is 3.91. The van der Waals surface area contributed by atoms with Gasteiger partial charge in [0.05, 0.1) is 13.4 Å². The monoisotopic (exact) mass is 313 g/mol. The van der Waals surface area contributed by atoms with Gasteiger partial charge >= 0.3 is 0 Å². The van der Waals surface area contributed by atoms with Crippen molar-refractivity contribution in [2.45, 2.75) is 18.9 Å². The number of sulfonamides is 1. The molecule has 1 aliphatic heterocycles. The highest BCUT2D eigenvalue weighted by Gasteiger charge is 2.26. The van der Waals surface area contributed by atoms with Crippen molar-refractivity contribution >= 4 is 15.9 Å². The molecule has 1 N–H and O–H groups in total. The summed E-state index contributed by atoms with van der Waals surface area (Å²) < 4.78 is 30.1. The maximum atomic E-state index is 12.4. The third-order valence-corrected chi connectivity index (χ3v) is 4.12. The van der Waals surface area contributed by atoms with Gasteiger partial charge in [0, 0.05) is 25.3 Å². The number of carbonyl (C=O) groups is 1. The van der Waals surface area contributed by atoms with Gasteiger partial charge < -0.3 is 9.64 Å². The van der Waals surface area contributed by atoms with E-state index in [4.69, 9.17) is 4.74 Å². The molecule has 8 heteroatoms. The molecule has 7 nitrogen and oxygen atoms in total. The average molecular weight is 313 g/mol. The molecule has 2 rings (SSSR count). The Balaban J connectivity index is 2.00. The van der Waals surface area contributed by atoms with E-state index in [1.165, 1.54) is 7.11 Å². The number of pyridine rings is 1. The summed E-state index contributed by atoms with van der Waals surface area (Å²) in [4.78, 5) is 18.1. The number of likely N-dealkylation sites (tertiary alicyclic amines) is 1. The lowest BCUT2D eigenvalue weighted by molar-refractivity contribution is 0.0707. The summed E-state index contributed by atoms with van der Waals surface area (Å²) in [7, 11) is -1.73. The molecule has 1 aromatic rings. The first-order valence-electron chi connectivity index (χ1n) is 6.66.